The Hall–Kier alpha value is -6.21. The summed E-state index contributed by atoms with van der Waals surface area (Å²) in [5, 5.41) is 19.3. The minimum Gasteiger partial charge on any atom is -0.435 e. The summed E-state index contributed by atoms with van der Waals surface area (Å²) in [7, 11) is -3.44. The Morgan fingerprint density at radius 1 is 0.661 bits per heavy atom. The fourth-order valence-electron chi connectivity index (χ4n) is 7.64. The fraction of sp³-hybridized carbons (Fsp3) is 0.286. The van der Waals surface area contributed by atoms with Gasteiger partial charge >= 0.3 is 0 Å². The molecule has 2 fully saturated rings. The third kappa shape index (κ3) is 8.01. The number of piperazine rings is 1. The first kappa shape index (κ1) is 42.5. The third-order valence-corrected chi connectivity index (χ3v) is 13.2. The zero-order chi connectivity index (χ0) is 42.3. The summed E-state index contributed by atoms with van der Waals surface area (Å²) < 4.78 is 37.9. The number of hydrogen-bond donors (Lipinski definition) is 2. The van der Waals surface area contributed by atoms with Crippen LogP contribution in [0.2, 0.25) is 10.0 Å². The molecule has 0 spiro atoms. The van der Waals surface area contributed by atoms with E-state index in [1.807, 2.05) is 43.0 Å². The zero-order valence-corrected chi connectivity index (χ0v) is 35.5. The van der Waals surface area contributed by atoms with Gasteiger partial charge in [-0.2, -0.15) is 14.5 Å². The quantitative estimate of drug-likeness (QED) is 0.147. The normalized spacial score (nSPS) is 14.8. The number of pyridine rings is 2. The number of aryl methyl sites for hydroxylation is 2. The molecule has 0 radical (unpaired) electrons. The number of H-pyrrole nitrogens is 2. The molecular formula is C42H43Cl2N13O4S. The van der Waals surface area contributed by atoms with Gasteiger partial charge in [0.05, 0.1) is 44.2 Å². The van der Waals surface area contributed by atoms with Gasteiger partial charge in [-0.05, 0) is 68.5 Å². The highest BCUT2D eigenvalue weighted by Gasteiger charge is 2.27. The number of aromatic nitrogens is 10. The molecule has 2 aliphatic heterocycles. The van der Waals surface area contributed by atoms with Crippen molar-refractivity contribution in [1.29, 1.82) is 0 Å². The third-order valence-electron chi connectivity index (χ3n) is 10.8. The molecule has 0 aliphatic carbocycles. The Bertz CT molecular complexity index is 3060. The molecular weight excluding hydrogens is 854 g/mol. The molecule has 20 heteroatoms. The van der Waals surface area contributed by atoms with E-state index in [1.165, 1.54) is 29.9 Å². The summed E-state index contributed by atoms with van der Waals surface area (Å²) in [6, 6.07) is 7.61. The van der Waals surface area contributed by atoms with Crippen molar-refractivity contribution >= 4 is 88.5 Å². The molecule has 2 aromatic carbocycles. The predicted molar refractivity (Wildman–Crippen MR) is 242 cm³/mol. The number of nitrogens with one attached hydrogen (secondary N) is 2. The minimum atomic E-state index is -3.44. The first-order chi connectivity index (χ1) is 29.6. The Morgan fingerprint density at radius 2 is 1.13 bits per heavy atom. The summed E-state index contributed by atoms with van der Waals surface area (Å²) in [5.41, 5.74) is 4.60. The molecule has 17 nitrogen and oxygen atoms in total. The van der Waals surface area contributed by atoms with Crippen LogP contribution < -0.4 is 19.3 Å². The van der Waals surface area contributed by atoms with Crippen molar-refractivity contribution in [3.05, 3.63) is 94.9 Å². The smallest absolute Gasteiger partial charge is 0.246 e. The molecule has 8 aromatic rings. The molecule has 62 heavy (non-hydrogen) atoms. The molecule has 0 atom stereocenters. The molecule has 0 bridgehead atoms. The summed E-state index contributed by atoms with van der Waals surface area (Å²) in [5.74, 6) is 3.30. The molecule has 320 valence electrons. The van der Waals surface area contributed by atoms with E-state index in [1.54, 1.807) is 31.1 Å². The van der Waals surface area contributed by atoms with Crippen LogP contribution in [0.1, 0.15) is 37.8 Å². The number of sulfonamides is 1. The van der Waals surface area contributed by atoms with Crippen molar-refractivity contribution in [2.45, 2.75) is 40.5 Å². The Kier molecular flexibility index (Phi) is 12.1. The second kappa shape index (κ2) is 17.6. The van der Waals surface area contributed by atoms with E-state index in [4.69, 9.17) is 32.7 Å². The van der Waals surface area contributed by atoms with E-state index in [0.717, 1.165) is 68.0 Å². The van der Waals surface area contributed by atoms with Crippen LogP contribution in [0.15, 0.2) is 73.7 Å². The van der Waals surface area contributed by atoms with Gasteiger partial charge in [-0.15, -0.1) is 0 Å². The van der Waals surface area contributed by atoms with Gasteiger partial charge in [0.2, 0.25) is 21.8 Å². The zero-order valence-electron chi connectivity index (χ0n) is 33.1. The maximum atomic E-state index is 12.1. The van der Waals surface area contributed by atoms with Gasteiger partial charge in [0.25, 0.3) is 0 Å². The number of rotatable bonds is 8. The van der Waals surface area contributed by atoms with Gasteiger partial charge in [-0.25, -0.2) is 38.3 Å². The maximum Gasteiger partial charge on any atom is 0.246 e. The van der Waals surface area contributed by atoms with Crippen molar-refractivity contribution in [2.24, 2.45) is 0 Å². The second-order valence-corrected chi connectivity index (χ2v) is 17.2. The van der Waals surface area contributed by atoms with Crippen LogP contribution in [0.5, 0.6) is 23.3 Å². The minimum absolute atomic E-state index is 0. The number of aromatic amines is 2. The van der Waals surface area contributed by atoms with Crippen molar-refractivity contribution in [3.8, 4) is 23.3 Å². The molecule has 2 saturated heterocycles. The molecule has 8 heterocycles. The van der Waals surface area contributed by atoms with Crippen molar-refractivity contribution in [3.63, 3.8) is 0 Å². The Balaban J connectivity index is 0.000000170. The van der Waals surface area contributed by atoms with E-state index >= 15 is 0 Å². The van der Waals surface area contributed by atoms with E-state index in [9.17, 15) is 8.42 Å². The number of anilines is 2. The van der Waals surface area contributed by atoms with Crippen molar-refractivity contribution in [2.75, 3.05) is 49.1 Å². The largest absolute Gasteiger partial charge is 0.435 e. The van der Waals surface area contributed by atoms with Gasteiger partial charge in [-0.1, -0.05) is 37.2 Å². The number of piperidine rings is 1. The molecule has 10 rings (SSSR count). The number of benzene rings is 2. The van der Waals surface area contributed by atoms with Crippen LogP contribution in [0.25, 0.3) is 43.6 Å². The van der Waals surface area contributed by atoms with Gasteiger partial charge in [0, 0.05) is 67.8 Å². The van der Waals surface area contributed by atoms with Crippen LogP contribution in [0.3, 0.4) is 0 Å². The highest BCUT2D eigenvalue weighted by atomic mass is 35.5. The summed E-state index contributed by atoms with van der Waals surface area (Å²) in [6.45, 7) is 10.9. The lowest BCUT2D eigenvalue weighted by Crippen LogP contribution is -2.48. The molecule has 6 aromatic heterocycles. The SMILES string of the molecule is C.C=CS(=O)(=O)N1CCN(c2ncnc3c(Oc4c(Cl)c(C)cc5[nH]ncc45)nccc23)CC1.Cc1cc2[nH]ncc2c(Oc2nccc3c(N4CCCCC4)ncnc23)c1Cl. The first-order valence-corrected chi connectivity index (χ1v) is 21.8. The number of halogens is 2. The van der Waals surface area contributed by atoms with E-state index < -0.39 is 10.0 Å². The highest BCUT2D eigenvalue weighted by molar-refractivity contribution is 7.92. The lowest BCUT2D eigenvalue weighted by Gasteiger charge is -2.34. The van der Waals surface area contributed by atoms with Crippen molar-refractivity contribution < 1.29 is 17.9 Å². The van der Waals surface area contributed by atoms with Gasteiger partial charge < -0.3 is 19.3 Å². The second-order valence-electron chi connectivity index (χ2n) is 14.6. The number of fused-ring (bicyclic) bond motifs is 4. The average molecular weight is 897 g/mol. The van der Waals surface area contributed by atoms with Crippen LogP contribution in [-0.2, 0) is 10.0 Å². The standard InChI is InChI=1S/C21H20ClN7O3S.C20H19ClN6O.CH4/c1-3-33(30,31)29-8-6-28(7-9-29)20-14-4-5-23-21(18(14)24-12-25-20)32-19-15-11-26-27-16(15)10-13(2)17(19)22;1-12-9-15-14(10-25-26-15)18(16(12)21)28-20-17-13(5-6-22-20)19(24-11-23-17)27-7-3-2-4-8-27;/h3-5,10-12H,1,6-9H2,2H3,(H,26,27);5-6,9-11H,2-4,7-8H2,1H3,(H,25,26);1H4. The number of hydrogen-bond acceptors (Lipinski definition) is 14. The first-order valence-electron chi connectivity index (χ1n) is 19.5. The predicted octanol–water partition coefficient (Wildman–Crippen LogP) is 8.53. The monoisotopic (exact) mass is 895 g/mol. The average Bonchev–Trinajstić information content (AvgIpc) is 3.97. The molecule has 0 unspecified atom stereocenters. The van der Waals surface area contributed by atoms with Crippen molar-refractivity contribution in [1.82, 2.24) is 54.6 Å². The lowest BCUT2D eigenvalue weighted by molar-refractivity contribution is 0.389. The van der Waals surface area contributed by atoms with Crippen LogP contribution >= 0.6 is 23.2 Å². The lowest BCUT2D eigenvalue weighted by atomic mass is 10.1. The van der Waals surface area contributed by atoms with E-state index in [-0.39, 0.29) is 7.43 Å². The topological polar surface area (TPSA) is 197 Å². The fourth-order valence-corrected chi connectivity index (χ4v) is 8.91. The Labute approximate surface area is 367 Å². The van der Waals surface area contributed by atoms with Crippen LogP contribution in [0.4, 0.5) is 11.6 Å². The number of ether oxygens (including phenoxy) is 2. The van der Waals surface area contributed by atoms with Crippen LogP contribution in [-0.4, -0.2) is 102 Å². The van der Waals surface area contributed by atoms with E-state index in [0.29, 0.717) is 76.3 Å². The Morgan fingerprint density at radius 3 is 1.60 bits per heavy atom. The molecule has 0 saturated carbocycles. The van der Waals surface area contributed by atoms with E-state index in [2.05, 4.69) is 61.8 Å². The van der Waals surface area contributed by atoms with Gasteiger partial charge in [0.1, 0.15) is 35.3 Å². The summed E-state index contributed by atoms with van der Waals surface area (Å²) in [4.78, 5) is 31.0. The van der Waals surface area contributed by atoms with Gasteiger partial charge in [-0.3, -0.25) is 10.2 Å². The molecule has 0 amide bonds. The van der Waals surface area contributed by atoms with Gasteiger partial charge in [0.15, 0.2) is 11.5 Å². The highest BCUT2D eigenvalue weighted by Crippen LogP contribution is 2.42. The summed E-state index contributed by atoms with van der Waals surface area (Å²) in [6.07, 6.45) is 13.4. The summed E-state index contributed by atoms with van der Waals surface area (Å²) >= 11 is 13.1. The maximum absolute atomic E-state index is 12.1. The van der Waals surface area contributed by atoms with Crippen LogP contribution in [0, 0.1) is 13.8 Å². The molecule has 2 N–H and O–H groups in total. The molecule has 2 aliphatic rings. The number of nitrogens with zero attached hydrogens (tertiary/aromatic N) is 11.